The fraction of sp³-hybridized carbons (Fsp3) is 1.00. The van der Waals surface area contributed by atoms with Crippen LogP contribution in [0.5, 0.6) is 0 Å². The Morgan fingerprint density at radius 2 is 1.56 bits per heavy atom. The van der Waals surface area contributed by atoms with E-state index in [1.54, 1.807) is 0 Å². The van der Waals surface area contributed by atoms with Crippen LogP contribution < -0.4 is 0 Å². The van der Waals surface area contributed by atoms with Crippen molar-refractivity contribution in [1.82, 2.24) is 5.06 Å². The number of hydrogen-bond acceptors (Lipinski definition) is 6. The summed E-state index contributed by atoms with van der Waals surface area (Å²) in [6.07, 6.45) is 2.64. The second kappa shape index (κ2) is 15.0. The topological polar surface area (TPSA) is 79.2 Å². The summed E-state index contributed by atoms with van der Waals surface area (Å²) >= 11 is 0. The Morgan fingerprint density at radius 3 is 1.81 bits per heavy atom. The van der Waals surface area contributed by atoms with Crippen LogP contribution in [0.4, 0.5) is 0 Å². The molecule has 16 heavy (non-hydrogen) atoms. The molecular weight excluding hydrogens is 233 g/mol. The zero-order chi connectivity index (χ0) is 12.8. The lowest BCUT2D eigenvalue weighted by molar-refractivity contribution is -0.0787. The lowest BCUT2D eigenvalue weighted by Crippen LogP contribution is -2.27. The van der Waals surface area contributed by atoms with Crippen molar-refractivity contribution < 1.29 is 23.9 Å². The summed E-state index contributed by atoms with van der Waals surface area (Å²) in [4.78, 5) is 0. The molecular formula is C9H24NO5P. The molecule has 0 saturated carbocycles. The fourth-order valence-corrected chi connectivity index (χ4v) is 1.04. The van der Waals surface area contributed by atoms with Crippen LogP contribution in [-0.2, 0) is 13.7 Å². The van der Waals surface area contributed by atoms with Crippen LogP contribution in [0, 0.1) is 0 Å². The summed E-state index contributed by atoms with van der Waals surface area (Å²) < 4.78 is 19.8. The Balaban J connectivity index is 0. The third-order valence-corrected chi connectivity index (χ3v) is 2.31. The van der Waals surface area contributed by atoms with Gasteiger partial charge in [-0.2, -0.15) is 5.06 Å². The summed E-state index contributed by atoms with van der Waals surface area (Å²) in [5.41, 5.74) is 0. The lowest BCUT2D eigenvalue weighted by Gasteiger charge is -2.17. The van der Waals surface area contributed by atoms with Crippen LogP contribution in [0.1, 0.15) is 26.7 Å². The van der Waals surface area contributed by atoms with Crippen LogP contribution in [0.3, 0.4) is 0 Å². The number of hydrogen-bond donors (Lipinski definition) is 2. The van der Waals surface area contributed by atoms with Gasteiger partial charge in [-0.15, -0.1) is 0 Å². The number of nitrogens with zero attached hydrogens (tertiary/aromatic N) is 1. The standard InChI is InChI=1S/C5H14NO5P.C4H10/c1-10-12(9)11-6(2-4-7)3-5-8;1-3-4-2/h7-8,12H,2-5H2,1H3;3-4H2,1-2H3. The maximum Gasteiger partial charge on any atom is 0.335 e. The van der Waals surface area contributed by atoms with Crippen molar-refractivity contribution in [2.24, 2.45) is 0 Å². The Kier molecular flexibility index (Phi) is 17.3. The van der Waals surface area contributed by atoms with E-state index in [-0.39, 0.29) is 26.3 Å². The molecule has 0 saturated heterocycles. The van der Waals surface area contributed by atoms with Gasteiger partial charge in [-0.25, -0.2) is 4.62 Å². The van der Waals surface area contributed by atoms with Crippen molar-refractivity contribution in [3.63, 3.8) is 0 Å². The maximum atomic E-state index is 10.7. The third kappa shape index (κ3) is 14.0. The van der Waals surface area contributed by atoms with Gasteiger partial charge in [0, 0.05) is 20.2 Å². The fourth-order valence-electron chi connectivity index (χ4n) is 0.569. The molecule has 0 fully saturated rings. The quantitative estimate of drug-likeness (QED) is 0.500. The van der Waals surface area contributed by atoms with Crippen molar-refractivity contribution in [3.05, 3.63) is 0 Å². The van der Waals surface area contributed by atoms with Crippen LogP contribution in [-0.4, -0.2) is 48.7 Å². The molecule has 6 nitrogen and oxygen atoms in total. The molecule has 0 heterocycles. The van der Waals surface area contributed by atoms with E-state index < -0.39 is 8.25 Å². The first kappa shape index (κ1) is 18.4. The molecule has 0 aromatic heterocycles. The van der Waals surface area contributed by atoms with Gasteiger partial charge in [-0.1, -0.05) is 26.7 Å². The minimum Gasteiger partial charge on any atom is -0.395 e. The van der Waals surface area contributed by atoms with E-state index in [0.29, 0.717) is 0 Å². The summed E-state index contributed by atoms with van der Waals surface area (Å²) in [6, 6.07) is 0. The SMILES string of the molecule is CCCC.CO[PH](=O)ON(CCO)CCO. The van der Waals surface area contributed by atoms with E-state index in [9.17, 15) is 4.57 Å². The molecule has 0 radical (unpaired) electrons. The lowest BCUT2D eigenvalue weighted by atomic mass is 10.4. The third-order valence-electron chi connectivity index (χ3n) is 1.57. The normalized spacial score (nSPS) is 12.1. The highest BCUT2D eigenvalue weighted by Crippen LogP contribution is 2.23. The highest BCUT2D eigenvalue weighted by Gasteiger charge is 2.07. The van der Waals surface area contributed by atoms with Crippen LogP contribution in [0.2, 0.25) is 0 Å². The second-order valence-corrected chi connectivity index (χ2v) is 4.01. The van der Waals surface area contributed by atoms with Crippen molar-refractivity contribution in [1.29, 1.82) is 0 Å². The van der Waals surface area contributed by atoms with Gasteiger partial charge in [0.2, 0.25) is 0 Å². The zero-order valence-electron chi connectivity index (χ0n) is 10.3. The highest BCUT2D eigenvalue weighted by atomic mass is 31.1. The van der Waals surface area contributed by atoms with Gasteiger partial charge in [0.1, 0.15) is 0 Å². The average Bonchev–Trinajstić information content (AvgIpc) is 2.30. The predicted octanol–water partition coefficient (Wildman–Crippen LogP) is 1.05. The highest BCUT2D eigenvalue weighted by molar-refractivity contribution is 7.33. The van der Waals surface area contributed by atoms with Gasteiger partial charge < -0.3 is 14.7 Å². The minimum atomic E-state index is -2.52. The van der Waals surface area contributed by atoms with Crippen molar-refractivity contribution in [2.75, 3.05) is 33.4 Å². The summed E-state index contributed by atoms with van der Waals surface area (Å²) in [7, 11) is -1.26. The number of unbranched alkanes of at least 4 members (excludes halogenated alkanes) is 1. The molecule has 0 aliphatic carbocycles. The Morgan fingerprint density at radius 1 is 1.12 bits per heavy atom. The van der Waals surface area contributed by atoms with Gasteiger partial charge in [0.15, 0.2) is 0 Å². The van der Waals surface area contributed by atoms with Crippen LogP contribution in [0.15, 0.2) is 0 Å². The maximum absolute atomic E-state index is 10.7. The molecule has 0 spiro atoms. The molecule has 0 aliphatic rings. The smallest absolute Gasteiger partial charge is 0.335 e. The molecule has 0 aromatic carbocycles. The average molecular weight is 257 g/mol. The summed E-state index contributed by atoms with van der Waals surface area (Å²) in [5.74, 6) is 0. The van der Waals surface area contributed by atoms with Gasteiger partial charge in [0.05, 0.1) is 13.2 Å². The first-order valence-corrected chi connectivity index (χ1v) is 6.61. The zero-order valence-corrected chi connectivity index (χ0v) is 11.3. The Labute approximate surface area is 98.1 Å². The summed E-state index contributed by atoms with van der Waals surface area (Å²) in [6.45, 7) is 4.50. The van der Waals surface area contributed by atoms with Gasteiger partial charge >= 0.3 is 8.25 Å². The molecule has 7 heteroatoms. The van der Waals surface area contributed by atoms with E-state index >= 15 is 0 Å². The minimum absolute atomic E-state index is 0.126. The molecule has 0 aliphatic heterocycles. The molecule has 1 unspecified atom stereocenters. The number of hydroxylamine groups is 2. The summed E-state index contributed by atoms with van der Waals surface area (Å²) in [5, 5.41) is 18.2. The van der Waals surface area contributed by atoms with Gasteiger partial charge in [-0.3, -0.25) is 4.57 Å². The first-order valence-electron chi connectivity index (χ1n) is 5.38. The monoisotopic (exact) mass is 257 g/mol. The first-order chi connectivity index (χ1) is 7.65. The van der Waals surface area contributed by atoms with Crippen LogP contribution in [0.25, 0.3) is 0 Å². The number of rotatable bonds is 8. The molecule has 1 atom stereocenters. The molecule has 100 valence electrons. The van der Waals surface area contributed by atoms with Gasteiger partial charge in [0.25, 0.3) is 0 Å². The van der Waals surface area contributed by atoms with E-state index in [1.165, 1.54) is 25.0 Å². The molecule has 0 bridgehead atoms. The molecule has 2 N–H and O–H groups in total. The molecule has 0 amide bonds. The van der Waals surface area contributed by atoms with Crippen LogP contribution >= 0.6 is 8.25 Å². The largest absolute Gasteiger partial charge is 0.395 e. The van der Waals surface area contributed by atoms with Crippen molar-refractivity contribution >= 4 is 8.25 Å². The number of aliphatic hydroxyl groups excluding tert-OH is 2. The Hall–Kier alpha value is 0.0300. The van der Waals surface area contributed by atoms with Crippen molar-refractivity contribution in [2.45, 2.75) is 26.7 Å². The Bertz CT molecular complexity index is 151. The van der Waals surface area contributed by atoms with E-state index in [0.717, 1.165) is 0 Å². The number of aliphatic hydroxyl groups is 2. The van der Waals surface area contributed by atoms with Gasteiger partial charge in [-0.05, 0) is 0 Å². The van der Waals surface area contributed by atoms with Crippen molar-refractivity contribution in [3.8, 4) is 0 Å². The predicted molar refractivity (Wildman–Crippen MR) is 63.4 cm³/mol. The molecule has 0 aromatic rings. The second-order valence-electron chi connectivity index (χ2n) is 2.92. The molecule has 0 rings (SSSR count). The van der Waals surface area contributed by atoms with E-state index in [1.807, 2.05) is 0 Å². The van der Waals surface area contributed by atoms with E-state index in [4.69, 9.17) is 14.8 Å². The van der Waals surface area contributed by atoms with E-state index in [2.05, 4.69) is 18.4 Å².